The zero-order valence-electron chi connectivity index (χ0n) is 18.0. The van der Waals surface area contributed by atoms with E-state index in [4.69, 9.17) is 14.2 Å². The second-order valence-electron chi connectivity index (χ2n) is 7.41. The predicted molar refractivity (Wildman–Crippen MR) is 109 cm³/mol. The molecule has 0 radical (unpaired) electrons. The standard InChI is InChI=1S/C18H18F3N5O9S/c1-33-18-22-4-9(21)15-23-17(24-26(15)18)36(31,32)25-11-7(19)2-6(3-8(11)20)34-16-14(30)13(29)12(28)10(5-27)35-16/h2-4,10,12-14,16,25,27-30H,5H2,1H3. The van der Waals surface area contributed by atoms with Gasteiger partial charge in [0.15, 0.2) is 23.1 Å². The first-order chi connectivity index (χ1) is 17.0. The molecule has 2 aromatic heterocycles. The number of fused-ring (bicyclic) bond motifs is 1. The second-order valence-corrected chi connectivity index (χ2v) is 8.98. The number of nitrogens with one attached hydrogen (secondary N) is 1. The molecule has 5 N–H and O–H groups in total. The number of aromatic nitrogens is 4. The van der Waals surface area contributed by atoms with Gasteiger partial charge in [0.25, 0.3) is 15.2 Å². The third-order valence-electron chi connectivity index (χ3n) is 5.05. The van der Waals surface area contributed by atoms with Crippen LogP contribution in [0.4, 0.5) is 18.9 Å². The van der Waals surface area contributed by atoms with Crippen LogP contribution in [-0.4, -0.2) is 92.8 Å². The van der Waals surface area contributed by atoms with Crippen molar-refractivity contribution >= 4 is 21.4 Å². The maximum absolute atomic E-state index is 14.7. The van der Waals surface area contributed by atoms with Crippen LogP contribution in [0.3, 0.4) is 0 Å². The minimum Gasteiger partial charge on any atom is -0.467 e. The number of sulfonamides is 1. The van der Waals surface area contributed by atoms with E-state index in [-0.39, 0.29) is 6.01 Å². The van der Waals surface area contributed by atoms with Crippen LogP contribution in [-0.2, 0) is 14.8 Å². The Bertz CT molecular complexity index is 1370. The Kier molecular flexibility index (Phi) is 6.90. The largest absolute Gasteiger partial charge is 0.467 e. The highest BCUT2D eigenvalue weighted by Crippen LogP contribution is 2.30. The van der Waals surface area contributed by atoms with Crippen LogP contribution in [0.15, 0.2) is 23.5 Å². The number of hydrogen-bond acceptors (Lipinski definition) is 12. The summed E-state index contributed by atoms with van der Waals surface area (Å²) in [6.07, 6.45) is -7.74. The van der Waals surface area contributed by atoms with E-state index in [9.17, 15) is 42.0 Å². The Morgan fingerprint density at radius 3 is 2.39 bits per heavy atom. The molecule has 3 aromatic rings. The van der Waals surface area contributed by atoms with E-state index in [1.54, 1.807) is 4.72 Å². The number of rotatable bonds is 7. The number of anilines is 1. The van der Waals surface area contributed by atoms with Gasteiger partial charge < -0.3 is 34.6 Å². The summed E-state index contributed by atoms with van der Waals surface area (Å²) < 4.78 is 85.9. The molecule has 36 heavy (non-hydrogen) atoms. The van der Waals surface area contributed by atoms with Crippen LogP contribution >= 0.6 is 0 Å². The number of ether oxygens (including phenoxy) is 3. The van der Waals surface area contributed by atoms with Crippen LogP contribution in [0.25, 0.3) is 5.65 Å². The van der Waals surface area contributed by atoms with Crippen LogP contribution < -0.4 is 14.2 Å². The lowest BCUT2D eigenvalue weighted by Gasteiger charge is -2.39. The Morgan fingerprint density at radius 1 is 1.11 bits per heavy atom. The first kappa shape index (κ1) is 25.8. The topological polar surface area (TPSA) is 198 Å². The number of aliphatic hydroxyl groups is 4. The lowest BCUT2D eigenvalue weighted by Crippen LogP contribution is -2.60. The molecule has 1 aliphatic heterocycles. The van der Waals surface area contributed by atoms with Gasteiger partial charge in [0.2, 0.25) is 6.29 Å². The van der Waals surface area contributed by atoms with Gasteiger partial charge in [-0.25, -0.2) is 18.2 Å². The summed E-state index contributed by atoms with van der Waals surface area (Å²) >= 11 is 0. The van der Waals surface area contributed by atoms with Crippen molar-refractivity contribution in [2.75, 3.05) is 18.4 Å². The lowest BCUT2D eigenvalue weighted by molar-refractivity contribution is -0.277. The third kappa shape index (κ3) is 4.61. The SMILES string of the molecule is COc1ncc(F)c2nc(S(=O)(=O)Nc3c(F)cc(OC4OC(CO)C(O)C(O)C4O)cc3F)nn12. The molecule has 5 unspecified atom stereocenters. The molecule has 3 heterocycles. The summed E-state index contributed by atoms with van der Waals surface area (Å²) in [5.74, 6) is -4.60. The maximum atomic E-state index is 14.7. The second kappa shape index (κ2) is 9.64. The molecular weight excluding hydrogens is 519 g/mol. The molecule has 1 aromatic carbocycles. The number of hydrogen-bond donors (Lipinski definition) is 5. The molecular formula is C18H18F3N5O9S. The van der Waals surface area contributed by atoms with Crippen LogP contribution in [0, 0.1) is 17.5 Å². The molecule has 1 saturated heterocycles. The zero-order valence-corrected chi connectivity index (χ0v) is 18.8. The van der Waals surface area contributed by atoms with Crippen molar-refractivity contribution in [1.82, 2.24) is 19.6 Å². The molecule has 0 bridgehead atoms. The molecule has 4 rings (SSSR count). The van der Waals surface area contributed by atoms with Crippen molar-refractivity contribution in [3.63, 3.8) is 0 Å². The van der Waals surface area contributed by atoms with Crippen molar-refractivity contribution < 1.29 is 56.2 Å². The van der Waals surface area contributed by atoms with Gasteiger partial charge in [-0.05, 0) is 0 Å². The van der Waals surface area contributed by atoms with Crippen molar-refractivity contribution in [2.45, 2.75) is 35.9 Å². The lowest BCUT2D eigenvalue weighted by atomic mass is 9.99. The fraction of sp³-hybridized carbons (Fsp3) is 0.389. The third-order valence-corrected chi connectivity index (χ3v) is 6.17. The van der Waals surface area contributed by atoms with Gasteiger partial charge in [-0.15, -0.1) is 5.10 Å². The van der Waals surface area contributed by atoms with Gasteiger partial charge in [-0.3, -0.25) is 4.72 Å². The van der Waals surface area contributed by atoms with Gasteiger partial charge in [0, 0.05) is 12.1 Å². The normalized spacial score (nSPS) is 24.6. The molecule has 14 nitrogen and oxygen atoms in total. The van der Waals surface area contributed by atoms with Gasteiger partial charge in [-0.2, -0.15) is 17.9 Å². The Labute approximate surface area is 199 Å². The van der Waals surface area contributed by atoms with E-state index >= 15 is 0 Å². The van der Waals surface area contributed by atoms with Crippen molar-refractivity contribution in [1.29, 1.82) is 0 Å². The van der Waals surface area contributed by atoms with Crippen molar-refractivity contribution in [3.8, 4) is 11.8 Å². The van der Waals surface area contributed by atoms with E-state index in [0.717, 1.165) is 7.11 Å². The molecule has 0 saturated carbocycles. The Morgan fingerprint density at radius 2 is 1.78 bits per heavy atom. The van der Waals surface area contributed by atoms with Gasteiger partial charge in [0.05, 0.1) is 19.9 Å². The minimum absolute atomic E-state index is 0.313. The molecule has 1 aliphatic rings. The fourth-order valence-electron chi connectivity index (χ4n) is 3.25. The number of halogens is 3. The summed E-state index contributed by atoms with van der Waals surface area (Å²) in [5.41, 5.74) is -1.74. The molecule has 5 atom stereocenters. The smallest absolute Gasteiger partial charge is 0.319 e. The summed E-state index contributed by atoms with van der Waals surface area (Å²) in [5, 5.41) is 41.3. The van der Waals surface area contributed by atoms with Crippen molar-refractivity contribution in [2.24, 2.45) is 0 Å². The van der Waals surface area contributed by atoms with Gasteiger partial charge in [-0.1, -0.05) is 0 Å². The highest BCUT2D eigenvalue weighted by molar-refractivity contribution is 7.92. The molecule has 196 valence electrons. The van der Waals surface area contributed by atoms with Crippen LogP contribution in [0.5, 0.6) is 11.8 Å². The molecule has 1 fully saturated rings. The average molecular weight is 537 g/mol. The predicted octanol–water partition coefficient (Wildman–Crippen LogP) is -1.47. The molecule has 0 amide bonds. The van der Waals surface area contributed by atoms with Crippen LogP contribution in [0.2, 0.25) is 0 Å². The summed E-state index contributed by atoms with van der Waals surface area (Å²) in [7, 11) is -3.69. The minimum atomic E-state index is -4.85. The maximum Gasteiger partial charge on any atom is 0.319 e. The van der Waals surface area contributed by atoms with Crippen molar-refractivity contribution in [3.05, 3.63) is 35.8 Å². The number of nitrogens with zero attached hydrogens (tertiary/aromatic N) is 4. The molecule has 18 heteroatoms. The first-order valence-electron chi connectivity index (χ1n) is 9.91. The fourth-order valence-corrected chi connectivity index (χ4v) is 4.20. The highest BCUT2D eigenvalue weighted by atomic mass is 32.2. The monoisotopic (exact) mass is 537 g/mol. The van der Waals surface area contributed by atoms with E-state index in [0.29, 0.717) is 22.8 Å². The van der Waals surface area contributed by atoms with E-state index in [2.05, 4.69) is 15.1 Å². The summed E-state index contributed by atoms with van der Waals surface area (Å²) in [4.78, 5) is 7.06. The Hall–Kier alpha value is -3.29. The average Bonchev–Trinajstić information content (AvgIpc) is 3.30. The molecule has 0 aliphatic carbocycles. The summed E-state index contributed by atoms with van der Waals surface area (Å²) in [6, 6.07) is 0.755. The van der Waals surface area contributed by atoms with E-state index in [1.165, 1.54) is 0 Å². The molecule has 0 spiro atoms. The van der Waals surface area contributed by atoms with E-state index in [1.807, 2.05) is 0 Å². The number of benzene rings is 1. The first-order valence-corrected chi connectivity index (χ1v) is 11.4. The quantitative estimate of drug-likeness (QED) is 0.235. The summed E-state index contributed by atoms with van der Waals surface area (Å²) in [6.45, 7) is -0.767. The Balaban J connectivity index is 1.59. The number of aliphatic hydroxyl groups excluding tert-OH is 4. The van der Waals surface area contributed by atoms with E-state index < -0.39 is 87.0 Å². The van der Waals surface area contributed by atoms with Gasteiger partial charge in [0.1, 0.15) is 35.9 Å². The number of methoxy groups -OCH3 is 1. The zero-order chi connectivity index (χ0) is 26.4. The van der Waals surface area contributed by atoms with Gasteiger partial charge >= 0.3 is 6.01 Å². The highest BCUT2D eigenvalue weighted by Gasteiger charge is 2.44. The van der Waals surface area contributed by atoms with Crippen LogP contribution in [0.1, 0.15) is 0 Å².